The van der Waals surface area contributed by atoms with Crippen molar-refractivity contribution in [2.24, 2.45) is 19.8 Å². The van der Waals surface area contributed by atoms with Gasteiger partial charge in [0.05, 0.1) is 31.9 Å². The van der Waals surface area contributed by atoms with E-state index in [1.54, 1.807) is 36.4 Å². The van der Waals surface area contributed by atoms with Crippen LogP contribution in [0.4, 0.5) is 20.2 Å². The summed E-state index contributed by atoms with van der Waals surface area (Å²) in [5.74, 6) is -2.01. The Morgan fingerprint density at radius 1 is 0.602 bits per heavy atom. The van der Waals surface area contributed by atoms with E-state index in [-0.39, 0.29) is 60.3 Å². The van der Waals surface area contributed by atoms with Crippen LogP contribution in [0.3, 0.4) is 0 Å². The Hall–Kier alpha value is -10.4. The standard InChI is InChI=1S/C32H32FN5O5.C28H24FN3O5.C4H8N2O.CH4/c1-17-20(19-13-25(33)23(28(14-19)43-4)15-35-27-11-12-34-30(27)40)7-5-8-21(17)22-9-6-10-26(18(22)2)37-29(39)24-16-36-32(42)38(3)31(24)41;1-15-18(17-11-23(29)22(14-33)25(12-17)37-4)7-5-8-19(15)20-9-6-10-24(16(20)2)31-26(34)21-13-30-28(36)32(3)27(21)35;5-3-1-2-6-4(3)7;/h5-10,13-14,16,27,35H,11-12,15H2,1-4H3,(H,34,40)(H,36,42)(H,37,39);5-14H,1-4H3,(H,30,36)(H,31,34);3H,1-2,5H2,(H,6,7);1H4/t27-;;3-;/m1.1./s1. The van der Waals surface area contributed by atoms with Gasteiger partial charge in [-0.2, -0.15) is 0 Å². The van der Waals surface area contributed by atoms with Crippen molar-refractivity contribution in [3.63, 3.8) is 0 Å². The number of rotatable bonds is 14. The first kappa shape index (κ1) is 65.2. The number of hydrogen-bond acceptors (Lipinski definition) is 13. The molecule has 10 rings (SSSR count). The fourth-order valence-electron chi connectivity index (χ4n) is 10.2. The normalized spacial score (nSPS) is 14.0. The molecule has 0 bridgehead atoms. The summed E-state index contributed by atoms with van der Waals surface area (Å²) < 4.78 is 42.5. The van der Waals surface area contributed by atoms with Gasteiger partial charge in [0.2, 0.25) is 11.8 Å². The van der Waals surface area contributed by atoms with E-state index in [0.717, 1.165) is 90.1 Å². The fraction of sp³-hybridized carbons (Fsp3) is 0.246. The molecule has 458 valence electrons. The maximum Gasteiger partial charge on any atom is 0.328 e. The van der Waals surface area contributed by atoms with E-state index in [1.807, 2.05) is 76.2 Å². The summed E-state index contributed by atoms with van der Waals surface area (Å²) in [4.78, 5) is 112. The lowest BCUT2D eigenvalue weighted by molar-refractivity contribution is -0.121. The maximum atomic E-state index is 15.5. The minimum atomic E-state index is -0.707. The molecule has 21 nitrogen and oxygen atoms in total. The van der Waals surface area contributed by atoms with E-state index in [0.29, 0.717) is 53.1 Å². The summed E-state index contributed by atoms with van der Waals surface area (Å²) in [6.45, 7) is 9.03. The Kier molecular flexibility index (Phi) is 20.9. The van der Waals surface area contributed by atoms with Crippen LogP contribution in [-0.4, -0.2) is 88.4 Å². The molecule has 4 heterocycles. The van der Waals surface area contributed by atoms with Gasteiger partial charge in [-0.3, -0.25) is 42.7 Å². The molecular weight excluding hydrogens is 1130 g/mol. The molecule has 2 atom stereocenters. The smallest absolute Gasteiger partial charge is 0.328 e. The summed E-state index contributed by atoms with van der Waals surface area (Å²) >= 11 is 0. The largest absolute Gasteiger partial charge is 0.496 e. The maximum absolute atomic E-state index is 15.5. The summed E-state index contributed by atoms with van der Waals surface area (Å²) in [7, 11) is 5.44. The van der Waals surface area contributed by atoms with E-state index in [1.165, 1.54) is 40.4 Å². The van der Waals surface area contributed by atoms with Crippen molar-refractivity contribution < 1.29 is 42.2 Å². The lowest BCUT2D eigenvalue weighted by atomic mass is 9.90. The number of amides is 4. The molecule has 6 aromatic carbocycles. The highest BCUT2D eigenvalue weighted by atomic mass is 19.1. The molecule has 2 aliphatic heterocycles. The summed E-state index contributed by atoms with van der Waals surface area (Å²) in [5.41, 5.74) is 12.8. The molecular formula is C65H68F2N10O11. The van der Waals surface area contributed by atoms with Gasteiger partial charge in [0.25, 0.3) is 22.9 Å². The quantitative estimate of drug-likeness (QED) is 0.0504. The number of aromatic amines is 2. The molecule has 2 aromatic heterocycles. The van der Waals surface area contributed by atoms with Crippen LogP contribution >= 0.6 is 0 Å². The van der Waals surface area contributed by atoms with E-state index in [4.69, 9.17) is 15.2 Å². The summed E-state index contributed by atoms with van der Waals surface area (Å²) in [6.07, 6.45) is 4.05. The molecule has 9 N–H and O–H groups in total. The van der Waals surface area contributed by atoms with Crippen LogP contribution in [0.25, 0.3) is 44.5 Å². The first-order valence-corrected chi connectivity index (χ1v) is 27.4. The number of ether oxygens (including phenoxy) is 2. The molecule has 23 heteroatoms. The zero-order chi connectivity index (χ0) is 63.0. The predicted molar refractivity (Wildman–Crippen MR) is 333 cm³/mol. The van der Waals surface area contributed by atoms with E-state index >= 15 is 4.39 Å². The number of halogens is 2. The number of nitrogens with zero attached hydrogens (tertiary/aromatic N) is 2. The molecule has 0 spiro atoms. The van der Waals surface area contributed by atoms with Crippen LogP contribution < -0.4 is 64.3 Å². The van der Waals surface area contributed by atoms with Crippen LogP contribution in [0.5, 0.6) is 11.5 Å². The number of carbonyl (C=O) groups is 5. The number of carbonyl (C=O) groups excluding carboxylic acids is 5. The lowest BCUT2D eigenvalue weighted by Gasteiger charge is -2.18. The van der Waals surface area contributed by atoms with Crippen LogP contribution in [0.15, 0.2) is 129 Å². The Morgan fingerprint density at radius 3 is 1.43 bits per heavy atom. The van der Waals surface area contributed by atoms with E-state index < -0.39 is 45.9 Å². The first-order valence-electron chi connectivity index (χ1n) is 27.4. The Labute approximate surface area is 504 Å². The molecule has 0 saturated carbocycles. The van der Waals surface area contributed by atoms with Crippen molar-refractivity contribution in [2.45, 2.75) is 66.6 Å². The van der Waals surface area contributed by atoms with E-state index in [2.05, 4.69) is 36.6 Å². The molecule has 2 aliphatic rings. The SMILES string of the molecule is C.COc1cc(-c2cccc(-c3cccc(NC(=O)c4c[nH]c(=O)n(C)c4=O)c3C)c2C)cc(F)c1C=O.COc1cc(-c2cccc(-c3cccc(NC(=O)c4c[nH]c(=O)n(C)c4=O)c3C)c2C)cc(F)c1CN[C@@H]1CCNC1=O.N[C@@H]1CCNC1=O. The van der Waals surface area contributed by atoms with Gasteiger partial charge in [0.1, 0.15) is 34.3 Å². The molecule has 0 unspecified atom stereocenters. The highest BCUT2D eigenvalue weighted by molar-refractivity contribution is 6.05. The van der Waals surface area contributed by atoms with Gasteiger partial charge >= 0.3 is 11.4 Å². The number of H-pyrrole nitrogens is 2. The third kappa shape index (κ3) is 13.8. The van der Waals surface area contributed by atoms with Crippen molar-refractivity contribution in [2.75, 3.05) is 37.9 Å². The van der Waals surface area contributed by atoms with Gasteiger partial charge in [0, 0.05) is 63.1 Å². The third-order valence-corrected chi connectivity index (χ3v) is 15.4. The second-order valence-corrected chi connectivity index (χ2v) is 20.6. The number of aromatic nitrogens is 4. The molecule has 8 aromatic rings. The highest BCUT2D eigenvalue weighted by Gasteiger charge is 2.26. The number of anilines is 2. The van der Waals surface area contributed by atoms with Gasteiger partial charge in [0.15, 0.2) is 6.29 Å². The summed E-state index contributed by atoms with van der Waals surface area (Å²) in [6, 6.07) is 27.7. The monoisotopic (exact) mass is 1200 g/mol. The van der Waals surface area contributed by atoms with E-state index in [9.17, 15) is 47.5 Å². The van der Waals surface area contributed by atoms with Gasteiger partial charge in [-0.05, 0) is 144 Å². The van der Waals surface area contributed by atoms with Gasteiger partial charge in [-0.15, -0.1) is 0 Å². The van der Waals surface area contributed by atoms with Gasteiger partial charge in [-0.1, -0.05) is 68.1 Å². The van der Waals surface area contributed by atoms with Crippen molar-refractivity contribution in [3.05, 3.63) is 207 Å². The molecule has 4 amide bonds. The van der Waals surface area contributed by atoms with Gasteiger partial charge in [-0.25, -0.2) is 18.4 Å². The summed E-state index contributed by atoms with van der Waals surface area (Å²) in [5, 5.41) is 14.0. The minimum Gasteiger partial charge on any atom is -0.496 e. The highest BCUT2D eigenvalue weighted by Crippen LogP contribution is 2.40. The van der Waals surface area contributed by atoms with Crippen molar-refractivity contribution in [1.82, 2.24) is 35.1 Å². The number of methoxy groups -OCH3 is 2. The van der Waals surface area contributed by atoms with Crippen LogP contribution in [-0.2, 0) is 30.2 Å². The number of nitrogens with two attached hydrogens (primary N) is 1. The number of aldehydes is 1. The fourth-order valence-corrected chi connectivity index (χ4v) is 10.2. The average molecular weight is 1200 g/mol. The Morgan fingerprint density at radius 2 is 1.02 bits per heavy atom. The lowest BCUT2D eigenvalue weighted by Crippen LogP contribution is -2.37. The second kappa shape index (κ2) is 28.2. The van der Waals surface area contributed by atoms with Crippen LogP contribution in [0, 0.1) is 39.3 Å². The van der Waals surface area contributed by atoms with Crippen LogP contribution in [0.2, 0.25) is 0 Å². The van der Waals surface area contributed by atoms with Gasteiger partial charge < -0.3 is 51.8 Å². The molecule has 2 fully saturated rings. The number of hydrogen-bond donors (Lipinski definition) is 8. The zero-order valence-electron chi connectivity index (χ0n) is 48.9. The molecule has 2 saturated heterocycles. The Balaban J connectivity index is 0.000000225. The van der Waals surface area contributed by atoms with Crippen LogP contribution in [0.1, 0.15) is 79.2 Å². The number of benzene rings is 6. The third-order valence-electron chi connectivity index (χ3n) is 15.4. The molecule has 0 aliphatic carbocycles. The van der Waals surface area contributed by atoms with Crippen molar-refractivity contribution >= 4 is 41.3 Å². The van der Waals surface area contributed by atoms with Crippen molar-refractivity contribution in [1.29, 1.82) is 0 Å². The zero-order valence-corrected chi connectivity index (χ0v) is 48.9. The molecule has 0 radical (unpaired) electrons. The average Bonchev–Trinajstić information content (AvgIpc) is 2.46. The topological polar surface area (TPSA) is 300 Å². The minimum absolute atomic E-state index is 0. The number of nitrogens with one attached hydrogen (secondary N) is 7. The first-order chi connectivity index (χ1) is 41.6. The predicted octanol–water partition coefficient (Wildman–Crippen LogP) is 7.11. The molecule has 88 heavy (non-hydrogen) atoms. The van der Waals surface area contributed by atoms with Crippen molar-refractivity contribution in [3.8, 4) is 56.0 Å². The second-order valence-electron chi connectivity index (χ2n) is 20.6. The Bertz CT molecular complexity index is 4290.